The molecular formula is C18H16F4N2O3. The van der Waals surface area contributed by atoms with Crippen LogP contribution in [0.2, 0.25) is 0 Å². The van der Waals surface area contributed by atoms with Gasteiger partial charge in [-0.3, -0.25) is 4.79 Å². The maximum Gasteiger partial charge on any atom is 0.461 e. The highest BCUT2D eigenvalue weighted by Crippen LogP contribution is 2.27. The van der Waals surface area contributed by atoms with Crippen LogP contribution in [0.3, 0.4) is 0 Å². The fourth-order valence-corrected chi connectivity index (χ4v) is 1.98. The van der Waals surface area contributed by atoms with Crippen molar-refractivity contribution in [3.8, 4) is 11.5 Å². The van der Waals surface area contributed by atoms with Crippen LogP contribution < -0.4 is 14.9 Å². The smallest absolute Gasteiger partial charge is 0.461 e. The van der Waals surface area contributed by atoms with E-state index in [0.29, 0.717) is 17.9 Å². The summed E-state index contributed by atoms with van der Waals surface area (Å²) in [5.41, 5.74) is 3.00. The molecule has 0 saturated carbocycles. The Hall–Kier alpha value is -3.10. The van der Waals surface area contributed by atoms with E-state index in [4.69, 9.17) is 4.74 Å². The Morgan fingerprint density at radius 3 is 2.48 bits per heavy atom. The van der Waals surface area contributed by atoms with E-state index in [1.54, 1.807) is 24.3 Å². The quantitative estimate of drug-likeness (QED) is 0.424. The maximum atomic E-state index is 12.8. The van der Waals surface area contributed by atoms with Crippen molar-refractivity contribution >= 4 is 12.1 Å². The molecule has 5 nitrogen and oxygen atoms in total. The predicted octanol–water partition coefficient (Wildman–Crippen LogP) is 4.09. The molecular weight excluding hydrogens is 368 g/mol. The Labute approximate surface area is 152 Å². The summed E-state index contributed by atoms with van der Waals surface area (Å²) < 4.78 is 59.2. The van der Waals surface area contributed by atoms with Crippen LogP contribution in [0.15, 0.2) is 53.6 Å². The highest BCUT2D eigenvalue weighted by molar-refractivity contribution is 5.95. The zero-order valence-electron chi connectivity index (χ0n) is 14.2. The van der Waals surface area contributed by atoms with E-state index < -0.39 is 24.2 Å². The number of rotatable bonds is 8. The zero-order valence-corrected chi connectivity index (χ0v) is 14.2. The summed E-state index contributed by atoms with van der Waals surface area (Å²) in [4.78, 5) is 12.0. The number of amides is 1. The van der Waals surface area contributed by atoms with Gasteiger partial charge in [0.2, 0.25) is 0 Å². The number of para-hydroxylation sites is 1. The number of alkyl halides is 4. The minimum atomic E-state index is -4.61. The molecule has 1 amide bonds. The van der Waals surface area contributed by atoms with E-state index in [2.05, 4.69) is 15.3 Å². The third-order valence-electron chi connectivity index (χ3n) is 3.21. The van der Waals surface area contributed by atoms with E-state index in [9.17, 15) is 22.4 Å². The molecule has 1 N–H and O–H groups in total. The first kappa shape index (κ1) is 20.2. The van der Waals surface area contributed by atoms with Gasteiger partial charge in [0.05, 0.1) is 12.8 Å². The predicted molar refractivity (Wildman–Crippen MR) is 90.7 cm³/mol. The van der Waals surface area contributed by atoms with Crippen LogP contribution in [0.5, 0.6) is 11.5 Å². The minimum absolute atomic E-state index is 0.0814. The summed E-state index contributed by atoms with van der Waals surface area (Å²) in [6, 6.07) is 11.3. The fraction of sp³-hybridized carbons (Fsp3) is 0.222. The number of hydrazone groups is 1. The lowest BCUT2D eigenvalue weighted by molar-refractivity contribution is -0.253. The molecule has 2 aromatic carbocycles. The molecule has 2 aromatic rings. The van der Waals surface area contributed by atoms with Gasteiger partial charge < -0.3 is 9.47 Å². The topological polar surface area (TPSA) is 59.9 Å². The maximum absolute atomic E-state index is 12.8. The molecule has 9 heteroatoms. The van der Waals surface area contributed by atoms with Gasteiger partial charge in [-0.1, -0.05) is 12.1 Å². The molecule has 0 aliphatic carbocycles. The Balaban J connectivity index is 1.98. The molecule has 0 aliphatic rings. The number of benzene rings is 2. The molecule has 0 radical (unpaired) electrons. The molecule has 0 spiro atoms. The van der Waals surface area contributed by atoms with Crippen molar-refractivity contribution in [2.75, 3.05) is 6.61 Å². The molecule has 144 valence electrons. The van der Waals surface area contributed by atoms with Gasteiger partial charge >= 0.3 is 12.5 Å². The fourth-order valence-electron chi connectivity index (χ4n) is 1.98. The van der Waals surface area contributed by atoms with Crippen molar-refractivity contribution in [1.29, 1.82) is 0 Å². The van der Waals surface area contributed by atoms with Gasteiger partial charge in [-0.25, -0.2) is 5.43 Å². The van der Waals surface area contributed by atoms with Crippen LogP contribution in [-0.2, 0) is 0 Å². The van der Waals surface area contributed by atoms with Gasteiger partial charge in [-0.2, -0.15) is 22.7 Å². The summed E-state index contributed by atoms with van der Waals surface area (Å²) in [6.07, 6.45) is -7.18. The van der Waals surface area contributed by atoms with Crippen molar-refractivity contribution in [2.45, 2.75) is 19.5 Å². The Morgan fingerprint density at radius 2 is 1.85 bits per heavy atom. The molecule has 2 rings (SSSR count). The van der Waals surface area contributed by atoms with Crippen LogP contribution in [0.4, 0.5) is 17.6 Å². The summed E-state index contributed by atoms with van der Waals surface area (Å²) in [5, 5.41) is 3.81. The van der Waals surface area contributed by atoms with Crippen molar-refractivity contribution in [3.63, 3.8) is 0 Å². The van der Waals surface area contributed by atoms with E-state index in [1.165, 1.54) is 6.21 Å². The van der Waals surface area contributed by atoms with Crippen LogP contribution in [0.25, 0.3) is 0 Å². The second-order valence-electron chi connectivity index (χ2n) is 5.16. The lowest BCUT2D eigenvalue weighted by Crippen LogP contribution is -2.33. The summed E-state index contributed by atoms with van der Waals surface area (Å²) in [5.74, 6) is -0.516. The third-order valence-corrected chi connectivity index (χ3v) is 3.21. The first-order valence-corrected chi connectivity index (χ1v) is 7.83. The molecule has 0 unspecified atom stereocenters. The first-order valence-electron chi connectivity index (χ1n) is 7.83. The normalized spacial score (nSPS) is 11.6. The van der Waals surface area contributed by atoms with E-state index in [1.807, 2.05) is 6.92 Å². The van der Waals surface area contributed by atoms with Crippen LogP contribution >= 0.6 is 0 Å². The number of halogens is 4. The molecule has 0 bridgehead atoms. The average Bonchev–Trinajstić information content (AvgIpc) is 2.63. The molecule has 27 heavy (non-hydrogen) atoms. The van der Waals surface area contributed by atoms with Gasteiger partial charge in [0.15, 0.2) is 0 Å². The van der Waals surface area contributed by atoms with E-state index >= 15 is 0 Å². The Bertz CT molecular complexity index is 795. The molecule has 0 saturated heterocycles. The largest absolute Gasteiger partial charge is 0.493 e. The van der Waals surface area contributed by atoms with Crippen LogP contribution in [-0.4, -0.2) is 31.3 Å². The van der Waals surface area contributed by atoms with Crippen LogP contribution in [0.1, 0.15) is 22.8 Å². The number of hydrogen-bond acceptors (Lipinski definition) is 4. The minimum Gasteiger partial charge on any atom is -0.493 e. The third kappa shape index (κ3) is 5.70. The van der Waals surface area contributed by atoms with Gasteiger partial charge in [0.1, 0.15) is 11.5 Å². The highest BCUT2D eigenvalue weighted by Gasteiger charge is 2.43. The summed E-state index contributed by atoms with van der Waals surface area (Å²) in [6.45, 7) is 2.30. The highest BCUT2D eigenvalue weighted by atomic mass is 19.3. The van der Waals surface area contributed by atoms with Crippen LogP contribution in [0, 0.1) is 0 Å². The van der Waals surface area contributed by atoms with Gasteiger partial charge in [0.25, 0.3) is 5.91 Å². The van der Waals surface area contributed by atoms with E-state index in [0.717, 1.165) is 24.3 Å². The SMILES string of the molecule is CCOc1ccccc1C=NNC(=O)c1ccc(OC(F)(F)C(F)F)cc1. The van der Waals surface area contributed by atoms with Gasteiger partial charge in [-0.15, -0.1) is 0 Å². The van der Waals surface area contributed by atoms with Gasteiger partial charge in [-0.05, 0) is 43.3 Å². The van der Waals surface area contributed by atoms with Gasteiger partial charge in [0, 0.05) is 11.1 Å². The number of carbonyl (C=O) groups excluding carboxylic acids is 1. The molecule has 0 aliphatic heterocycles. The van der Waals surface area contributed by atoms with Crippen molar-refractivity contribution in [1.82, 2.24) is 5.43 Å². The molecule has 0 atom stereocenters. The number of ether oxygens (including phenoxy) is 2. The summed E-state index contributed by atoms with van der Waals surface area (Å²) in [7, 11) is 0. The standard InChI is InChI=1S/C18H16F4N2O3/c1-2-26-15-6-4-3-5-13(15)11-23-24-16(25)12-7-9-14(10-8-12)27-18(21,22)17(19)20/h3-11,17H,2H2,1H3,(H,24,25). The Kier molecular flexibility index (Phi) is 6.75. The lowest BCUT2D eigenvalue weighted by Gasteiger charge is -2.16. The number of carbonyl (C=O) groups is 1. The van der Waals surface area contributed by atoms with Crippen molar-refractivity contribution in [3.05, 3.63) is 59.7 Å². The van der Waals surface area contributed by atoms with E-state index in [-0.39, 0.29) is 5.56 Å². The molecule has 0 fully saturated rings. The molecule has 0 aromatic heterocycles. The Morgan fingerprint density at radius 1 is 1.19 bits per heavy atom. The number of hydrogen-bond donors (Lipinski definition) is 1. The second-order valence-corrected chi connectivity index (χ2v) is 5.16. The monoisotopic (exact) mass is 384 g/mol. The number of nitrogens with zero attached hydrogens (tertiary/aromatic N) is 1. The lowest BCUT2D eigenvalue weighted by atomic mass is 10.2. The number of nitrogens with one attached hydrogen (secondary N) is 1. The first-order chi connectivity index (χ1) is 12.8. The molecule has 0 heterocycles. The average molecular weight is 384 g/mol. The zero-order chi connectivity index (χ0) is 19.9. The summed E-state index contributed by atoms with van der Waals surface area (Å²) >= 11 is 0. The van der Waals surface area contributed by atoms with Crippen molar-refractivity contribution < 1.29 is 31.8 Å². The second kappa shape index (κ2) is 9.02. The van der Waals surface area contributed by atoms with Crippen molar-refractivity contribution in [2.24, 2.45) is 5.10 Å².